The first kappa shape index (κ1) is 9.71. The quantitative estimate of drug-likeness (QED) is 0.509. The third-order valence-corrected chi connectivity index (χ3v) is 3.26. The van der Waals surface area contributed by atoms with Gasteiger partial charge in [-0.15, -0.1) is 0 Å². The van der Waals surface area contributed by atoms with Gasteiger partial charge in [0.1, 0.15) is 6.10 Å². The molecule has 1 heterocycles. The first-order chi connectivity index (χ1) is 6.66. The van der Waals surface area contributed by atoms with Gasteiger partial charge in [-0.25, -0.2) is 4.79 Å². The highest BCUT2D eigenvalue weighted by atomic mass is 16.5. The van der Waals surface area contributed by atoms with E-state index in [0.29, 0.717) is 17.9 Å². The second kappa shape index (κ2) is 3.73. The molecule has 1 N–H and O–H groups in total. The normalized spacial score (nSPS) is 38.5. The van der Waals surface area contributed by atoms with Crippen molar-refractivity contribution in [3.8, 4) is 0 Å². The van der Waals surface area contributed by atoms with Crippen molar-refractivity contribution in [1.29, 1.82) is 0 Å². The maximum absolute atomic E-state index is 11.1. The van der Waals surface area contributed by atoms with Crippen LogP contribution in [0.15, 0.2) is 12.2 Å². The highest BCUT2D eigenvalue weighted by molar-refractivity contribution is 5.89. The molecule has 3 heteroatoms. The van der Waals surface area contributed by atoms with E-state index >= 15 is 0 Å². The Morgan fingerprint density at radius 3 is 2.43 bits per heavy atom. The number of hydrogen-bond acceptors (Lipinski definition) is 3. The highest BCUT2D eigenvalue weighted by Gasteiger charge is 2.35. The molecule has 1 atom stereocenters. The molecule has 1 saturated heterocycles. The molecular formula is C11H16O3. The predicted molar refractivity (Wildman–Crippen MR) is 51.6 cm³/mol. The van der Waals surface area contributed by atoms with Gasteiger partial charge >= 0.3 is 5.97 Å². The van der Waals surface area contributed by atoms with Gasteiger partial charge < -0.3 is 9.84 Å². The van der Waals surface area contributed by atoms with Crippen LogP contribution in [-0.2, 0) is 9.53 Å². The second-order valence-electron chi connectivity index (χ2n) is 4.32. The van der Waals surface area contributed by atoms with Crippen molar-refractivity contribution in [2.75, 3.05) is 0 Å². The molecular weight excluding hydrogens is 180 g/mol. The molecule has 2 fully saturated rings. The molecule has 78 valence electrons. The zero-order valence-corrected chi connectivity index (χ0v) is 8.24. The third-order valence-electron chi connectivity index (χ3n) is 3.26. The molecule has 1 aliphatic heterocycles. The lowest BCUT2D eigenvalue weighted by atomic mass is 9.83. The van der Waals surface area contributed by atoms with Crippen LogP contribution in [0.2, 0.25) is 0 Å². The van der Waals surface area contributed by atoms with Crippen LogP contribution in [0.25, 0.3) is 0 Å². The summed E-state index contributed by atoms with van der Waals surface area (Å²) in [5.41, 5.74) is 0.598. The van der Waals surface area contributed by atoms with Gasteiger partial charge in [0.15, 0.2) is 0 Å². The van der Waals surface area contributed by atoms with E-state index in [-0.39, 0.29) is 18.2 Å². The number of aliphatic hydroxyl groups is 1. The molecule has 2 rings (SSSR count). The fourth-order valence-corrected chi connectivity index (χ4v) is 2.32. The van der Waals surface area contributed by atoms with Gasteiger partial charge in [-0.1, -0.05) is 6.58 Å². The molecule has 1 aliphatic carbocycles. The Kier molecular flexibility index (Phi) is 2.59. The van der Waals surface area contributed by atoms with Crippen molar-refractivity contribution in [3.63, 3.8) is 0 Å². The summed E-state index contributed by atoms with van der Waals surface area (Å²) in [7, 11) is 0. The Bertz CT molecular complexity index is 235. The van der Waals surface area contributed by atoms with E-state index in [9.17, 15) is 9.90 Å². The maximum atomic E-state index is 11.1. The Balaban J connectivity index is 1.91. The lowest BCUT2D eigenvalue weighted by molar-refractivity contribution is -0.141. The largest absolute Gasteiger partial charge is 0.458 e. The molecule has 14 heavy (non-hydrogen) atoms. The molecule has 0 spiro atoms. The van der Waals surface area contributed by atoms with E-state index in [2.05, 4.69) is 6.58 Å². The van der Waals surface area contributed by atoms with E-state index in [4.69, 9.17) is 4.74 Å². The summed E-state index contributed by atoms with van der Waals surface area (Å²) in [6.45, 7) is 3.67. The molecule has 0 radical (unpaired) electrons. The number of carbonyl (C=O) groups excluding carboxylic acids is 1. The fraction of sp³-hybridized carbons (Fsp3) is 0.727. The maximum Gasteiger partial charge on any atom is 0.333 e. The minimum Gasteiger partial charge on any atom is -0.458 e. The van der Waals surface area contributed by atoms with Crippen LogP contribution in [-0.4, -0.2) is 23.3 Å². The van der Waals surface area contributed by atoms with Crippen LogP contribution in [0.3, 0.4) is 0 Å². The fourth-order valence-electron chi connectivity index (χ4n) is 2.32. The second-order valence-corrected chi connectivity index (χ2v) is 4.32. The summed E-state index contributed by atoms with van der Waals surface area (Å²) < 4.78 is 5.23. The Hall–Kier alpha value is -0.830. The van der Waals surface area contributed by atoms with Crippen LogP contribution in [0.1, 0.15) is 32.1 Å². The number of carbonyl (C=O) groups is 1. The third kappa shape index (κ3) is 1.82. The van der Waals surface area contributed by atoms with Gasteiger partial charge in [-0.05, 0) is 31.6 Å². The van der Waals surface area contributed by atoms with E-state index < -0.39 is 0 Å². The van der Waals surface area contributed by atoms with E-state index in [1.54, 1.807) is 0 Å². The Morgan fingerprint density at radius 2 is 1.93 bits per heavy atom. The zero-order valence-electron chi connectivity index (χ0n) is 8.24. The van der Waals surface area contributed by atoms with E-state index in [1.165, 1.54) is 0 Å². The van der Waals surface area contributed by atoms with Crippen molar-refractivity contribution in [2.24, 2.45) is 5.92 Å². The minimum atomic E-state index is -0.235. The monoisotopic (exact) mass is 196 g/mol. The van der Waals surface area contributed by atoms with Crippen LogP contribution < -0.4 is 0 Å². The van der Waals surface area contributed by atoms with Crippen LogP contribution in [0, 0.1) is 5.92 Å². The lowest BCUT2D eigenvalue weighted by Crippen LogP contribution is -2.27. The molecule has 0 bridgehead atoms. The first-order valence-electron chi connectivity index (χ1n) is 5.23. The Morgan fingerprint density at radius 1 is 1.29 bits per heavy atom. The molecule has 1 unspecified atom stereocenters. The molecule has 0 aromatic rings. The molecule has 3 nitrogen and oxygen atoms in total. The average molecular weight is 196 g/mol. The van der Waals surface area contributed by atoms with Crippen molar-refractivity contribution in [1.82, 2.24) is 0 Å². The minimum absolute atomic E-state index is 0.0301. The van der Waals surface area contributed by atoms with Gasteiger partial charge in [0.2, 0.25) is 0 Å². The summed E-state index contributed by atoms with van der Waals surface area (Å²) in [5.74, 6) is 0.197. The van der Waals surface area contributed by atoms with E-state index in [1.807, 2.05) is 0 Å². The van der Waals surface area contributed by atoms with Crippen molar-refractivity contribution in [3.05, 3.63) is 12.2 Å². The molecule has 0 aromatic heterocycles. The first-order valence-corrected chi connectivity index (χ1v) is 5.23. The van der Waals surface area contributed by atoms with E-state index in [0.717, 1.165) is 25.7 Å². The number of ether oxygens (including phenoxy) is 1. The van der Waals surface area contributed by atoms with Gasteiger partial charge in [0.25, 0.3) is 0 Å². The van der Waals surface area contributed by atoms with Crippen LogP contribution >= 0.6 is 0 Å². The number of aliphatic hydroxyl groups excluding tert-OH is 1. The standard InChI is InChI=1S/C11H16O3/c1-7-6-10(14-11(7)13)8-2-4-9(12)5-3-8/h8-10,12H,1-6H2. The highest BCUT2D eigenvalue weighted by Crippen LogP contribution is 2.34. The Labute approximate surface area is 83.8 Å². The summed E-state index contributed by atoms with van der Waals surface area (Å²) in [6, 6.07) is 0. The SMILES string of the molecule is C=C1CC(C2CCC(O)CC2)OC1=O. The molecule has 2 aliphatic rings. The molecule has 0 amide bonds. The van der Waals surface area contributed by atoms with Crippen LogP contribution in [0.5, 0.6) is 0 Å². The predicted octanol–water partition coefficient (Wildman–Crippen LogP) is 1.41. The number of hydrogen-bond donors (Lipinski definition) is 1. The van der Waals surface area contributed by atoms with Crippen molar-refractivity contribution < 1.29 is 14.6 Å². The topological polar surface area (TPSA) is 46.5 Å². The van der Waals surface area contributed by atoms with Crippen LogP contribution in [0.4, 0.5) is 0 Å². The smallest absolute Gasteiger partial charge is 0.333 e. The number of esters is 1. The van der Waals surface area contributed by atoms with Crippen molar-refractivity contribution >= 4 is 5.97 Å². The van der Waals surface area contributed by atoms with Gasteiger partial charge in [-0.3, -0.25) is 0 Å². The number of cyclic esters (lactones) is 1. The average Bonchev–Trinajstić information content (AvgIpc) is 2.48. The zero-order chi connectivity index (χ0) is 10.1. The van der Waals surface area contributed by atoms with Crippen molar-refractivity contribution in [2.45, 2.75) is 44.3 Å². The molecule has 0 aromatic carbocycles. The van der Waals surface area contributed by atoms with Gasteiger partial charge in [0, 0.05) is 12.0 Å². The van der Waals surface area contributed by atoms with Gasteiger partial charge in [-0.2, -0.15) is 0 Å². The summed E-state index contributed by atoms with van der Waals surface area (Å²) in [5, 5.41) is 9.35. The van der Waals surface area contributed by atoms with Gasteiger partial charge in [0.05, 0.1) is 6.10 Å². The summed E-state index contributed by atoms with van der Waals surface area (Å²) in [4.78, 5) is 11.1. The summed E-state index contributed by atoms with van der Waals surface area (Å²) >= 11 is 0. The summed E-state index contributed by atoms with van der Waals surface area (Å²) in [6.07, 6.45) is 4.17. The lowest BCUT2D eigenvalue weighted by Gasteiger charge is -2.28. The number of rotatable bonds is 1. The molecule has 1 saturated carbocycles.